The number of aliphatic hydroxyl groups is 3. The maximum absolute atomic E-state index is 11.2. The van der Waals surface area contributed by atoms with Gasteiger partial charge in [0.25, 0.3) is 0 Å². The van der Waals surface area contributed by atoms with Crippen molar-refractivity contribution in [2.45, 2.75) is 57.3 Å². The summed E-state index contributed by atoms with van der Waals surface area (Å²) in [6.45, 7) is 3.26. The standard InChI is InChI=1S/C17H31O5P/c1-3-13(18)9-10-15-14(16(19)12-17(15)20)8-6-4-5-7-11-23(2,21)22/h4,6,9-10,13-20H,3,5,7-8,11-12H2,1-2H3,(H,21,22)/b6-4-,10-9+. The van der Waals surface area contributed by atoms with Gasteiger partial charge in [-0.05, 0) is 31.6 Å². The van der Waals surface area contributed by atoms with Gasteiger partial charge in [-0.1, -0.05) is 31.2 Å². The van der Waals surface area contributed by atoms with E-state index in [0.29, 0.717) is 31.8 Å². The summed E-state index contributed by atoms with van der Waals surface area (Å²) in [4.78, 5) is 9.21. The minimum Gasteiger partial charge on any atom is -0.393 e. The Bertz CT molecular complexity index is 442. The lowest BCUT2D eigenvalue weighted by molar-refractivity contribution is 0.120. The Balaban J connectivity index is 2.48. The van der Waals surface area contributed by atoms with E-state index in [4.69, 9.17) is 0 Å². The van der Waals surface area contributed by atoms with Crippen LogP contribution in [-0.2, 0) is 4.57 Å². The minimum atomic E-state index is -2.92. The lowest BCUT2D eigenvalue weighted by atomic mass is 9.89. The summed E-state index contributed by atoms with van der Waals surface area (Å²) in [5.41, 5.74) is 0. The van der Waals surface area contributed by atoms with Gasteiger partial charge in [-0.3, -0.25) is 4.57 Å². The van der Waals surface area contributed by atoms with Crippen LogP contribution in [0.2, 0.25) is 0 Å². The number of rotatable bonds is 9. The van der Waals surface area contributed by atoms with Crippen molar-refractivity contribution in [1.82, 2.24) is 0 Å². The Hall–Kier alpha value is -0.450. The lowest BCUT2D eigenvalue weighted by Gasteiger charge is -2.19. The second kappa shape index (κ2) is 9.75. The maximum Gasteiger partial charge on any atom is 0.197 e. The highest BCUT2D eigenvalue weighted by Crippen LogP contribution is 2.37. The fraction of sp³-hybridized carbons (Fsp3) is 0.765. The van der Waals surface area contributed by atoms with Gasteiger partial charge in [0.05, 0.1) is 18.3 Å². The zero-order chi connectivity index (χ0) is 17.5. The number of unbranched alkanes of at least 4 members (excludes halogenated alkanes) is 1. The van der Waals surface area contributed by atoms with Crippen molar-refractivity contribution in [2.75, 3.05) is 12.8 Å². The summed E-state index contributed by atoms with van der Waals surface area (Å²) < 4.78 is 11.2. The first kappa shape index (κ1) is 20.6. The van der Waals surface area contributed by atoms with E-state index in [2.05, 4.69) is 0 Å². The van der Waals surface area contributed by atoms with E-state index in [1.807, 2.05) is 25.2 Å². The molecule has 6 unspecified atom stereocenters. The molecule has 1 aliphatic rings. The molecule has 1 fully saturated rings. The van der Waals surface area contributed by atoms with Crippen LogP contribution < -0.4 is 0 Å². The molecular formula is C17H31O5P. The van der Waals surface area contributed by atoms with Crippen LogP contribution in [0.1, 0.15) is 39.0 Å². The third kappa shape index (κ3) is 7.77. The Kier molecular flexibility index (Phi) is 8.73. The van der Waals surface area contributed by atoms with Crippen LogP contribution in [-0.4, -0.2) is 51.4 Å². The van der Waals surface area contributed by atoms with Gasteiger partial charge < -0.3 is 20.2 Å². The molecule has 0 bridgehead atoms. The normalized spacial score (nSPS) is 32.6. The molecule has 0 aromatic rings. The van der Waals surface area contributed by atoms with Gasteiger partial charge in [0.15, 0.2) is 7.37 Å². The summed E-state index contributed by atoms with van der Waals surface area (Å²) in [7, 11) is -2.92. The van der Waals surface area contributed by atoms with Crippen molar-refractivity contribution in [3.63, 3.8) is 0 Å². The highest BCUT2D eigenvalue weighted by Gasteiger charge is 2.39. The number of allylic oxidation sites excluding steroid dienone is 2. The molecule has 0 aliphatic heterocycles. The third-order valence-corrected chi connectivity index (χ3v) is 5.55. The quantitative estimate of drug-likeness (QED) is 0.292. The molecule has 134 valence electrons. The molecule has 6 heteroatoms. The van der Waals surface area contributed by atoms with Gasteiger partial charge in [0.2, 0.25) is 0 Å². The Morgan fingerprint density at radius 1 is 1.26 bits per heavy atom. The van der Waals surface area contributed by atoms with E-state index in [-0.39, 0.29) is 11.8 Å². The molecule has 4 N–H and O–H groups in total. The molecule has 0 aromatic carbocycles. The van der Waals surface area contributed by atoms with Crippen molar-refractivity contribution < 1.29 is 24.8 Å². The molecule has 1 aliphatic carbocycles. The van der Waals surface area contributed by atoms with Gasteiger partial charge >= 0.3 is 0 Å². The smallest absolute Gasteiger partial charge is 0.197 e. The summed E-state index contributed by atoms with van der Waals surface area (Å²) in [5, 5.41) is 29.8. The number of hydrogen-bond donors (Lipinski definition) is 4. The first-order chi connectivity index (χ1) is 10.7. The van der Waals surface area contributed by atoms with Crippen LogP contribution in [0.3, 0.4) is 0 Å². The van der Waals surface area contributed by atoms with Crippen LogP contribution in [0.25, 0.3) is 0 Å². The molecule has 5 nitrogen and oxygen atoms in total. The van der Waals surface area contributed by atoms with E-state index in [1.165, 1.54) is 6.66 Å². The fourth-order valence-corrected chi connectivity index (χ4v) is 3.74. The molecule has 0 amide bonds. The van der Waals surface area contributed by atoms with Crippen LogP contribution in [0.5, 0.6) is 0 Å². The molecule has 23 heavy (non-hydrogen) atoms. The number of aliphatic hydroxyl groups excluding tert-OH is 3. The minimum absolute atomic E-state index is 0.0586. The van der Waals surface area contributed by atoms with E-state index < -0.39 is 25.7 Å². The van der Waals surface area contributed by atoms with Crippen LogP contribution >= 0.6 is 7.37 Å². The van der Waals surface area contributed by atoms with Gasteiger partial charge in [0.1, 0.15) is 0 Å². The molecular weight excluding hydrogens is 315 g/mol. The van der Waals surface area contributed by atoms with Crippen LogP contribution in [0.15, 0.2) is 24.3 Å². The highest BCUT2D eigenvalue weighted by atomic mass is 31.2. The van der Waals surface area contributed by atoms with Gasteiger partial charge in [0, 0.05) is 25.2 Å². The maximum atomic E-state index is 11.2. The average Bonchev–Trinajstić information content (AvgIpc) is 2.72. The van der Waals surface area contributed by atoms with Crippen LogP contribution in [0, 0.1) is 11.8 Å². The van der Waals surface area contributed by atoms with Crippen molar-refractivity contribution in [1.29, 1.82) is 0 Å². The Morgan fingerprint density at radius 2 is 1.96 bits per heavy atom. The molecule has 1 saturated carbocycles. The van der Waals surface area contributed by atoms with Gasteiger partial charge in [-0.2, -0.15) is 0 Å². The Labute approximate surface area is 139 Å². The topological polar surface area (TPSA) is 98.0 Å². The highest BCUT2D eigenvalue weighted by molar-refractivity contribution is 7.57. The zero-order valence-electron chi connectivity index (χ0n) is 14.1. The van der Waals surface area contributed by atoms with Crippen molar-refractivity contribution in [3.05, 3.63) is 24.3 Å². The molecule has 1 rings (SSSR count). The van der Waals surface area contributed by atoms with Crippen molar-refractivity contribution in [3.8, 4) is 0 Å². The predicted molar refractivity (Wildman–Crippen MR) is 92.7 cm³/mol. The molecule has 0 heterocycles. The van der Waals surface area contributed by atoms with Crippen molar-refractivity contribution in [2.24, 2.45) is 11.8 Å². The fourth-order valence-electron chi connectivity index (χ4n) is 2.97. The SMILES string of the molecule is CCC(O)/C=C/C1C(O)CC(O)C1C/C=C\CCCP(C)(=O)O. The average molecular weight is 346 g/mol. The predicted octanol–water partition coefficient (Wildman–Crippen LogP) is 2.30. The number of hydrogen-bond acceptors (Lipinski definition) is 4. The van der Waals surface area contributed by atoms with E-state index >= 15 is 0 Å². The zero-order valence-corrected chi connectivity index (χ0v) is 15.0. The Morgan fingerprint density at radius 3 is 2.57 bits per heavy atom. The first-order valence-electron chi connectivity index (χ1n) is 8.41. The summed E-state index contributed by atoms with van der Waals surface area (Å²) in [5.74, 6) is -0.208. The largest absolute Gasteiger partial charge is 0.393 e. The van der Waals surface area contributed by atoms with E-state index in [1.54, 1.807) is 6.08 Å². The van der Waals surface area contributed by atoms with E-state index in [9.17, 15) is 24.8 Å². The summed E-state index contributed by atoms with van der Waals surface area (Å²) in [6.07, 6.45) is 9.19. The van der Waals surface area contributed by atoms with Crippen molar-refractivity contribution >= 4 is 7.37 Å². The molecule has 0 aromatic heterocycles. The molecule has 0 spiro atoms. The second-order valence-corrected chi connectivity index (χ2v) is 9.15. The molecule has 6 atom stereocenters. The van der Waals surface area contributed by atoms with Crippen LogP contribution in [0.4, 0.5) is 0 Å². The molecule has 0 saturated heterocycles. The monoisotopic (exact) mass is 346 g/mol. The second-order valence-electron chi connectivity index (χ2n) is 6.60. The summed E-state index contributed by atoms with van der Waals surface area (Å²) >= 11 is 0. The lowest BCUT2D eigenvalue weighted by Crippen LogP contribution is -2.20. The van der Waals surface area contributed by atoms with E-state index in [0.717, 1.165) is 6.42 Å². The third-order valence-electron chi connectivity index (χ3n) is 4.41. The summed E-state index contributed by atoms with van der Waals surface area (Å²) in [6, 6.07) is 0. The van der Waals surface area contributed by atoms with Gasteiger partial charge in [-0.15, -0.1) is 0 Å². The first-order valence-corrected chi connectivity index (χ1v) is 10.7. The molecule has 0 radical (unpaired) electrons. The van der Waals surface area contributed by atoms with Gasteiger partial charge in [-0.25, -0.2) is 0 Å².